The van der Waals surface area contributed by atoms with Crippen LogP contribution >= 0.6 is 11.3 Å². The van der Waals surface area contributed by atoms with E-state index in [2.05, 4.69) is 37.4 Å². The zero-order valence-corrected chi connectivity index (χ0v) is 12.6. The molecule has 0 amide bonds. The zero-order chi connectivity index (χ0) is 13.2. The Labute approximate surface area is 119 Å². The SMILES string of the molecule is CC(C)c1nc2cc(CNC3CCCC3)ccc2s1. The Balaban J connectivity index is 1.73. The van der Waals surface area contributed by atoms with Gasteiger partial charge in [-0.2, -0.15) is 0 Å². The third-order valence-corrected chi connectivity index (χ3v) is 5.25. The monoisotopic (exact) mass is 274 g/mol. The van der Waals surface area contributed by atoms with Crippen LogP contribution in [-0.4, -0.2) is 11.0 Å². The summed E-state index contributed by atoms with van der Waals surface area (Å²) in [5.74, 6) is 0.525. The molecule has 0 aliphatic heterocycles. The lowest BCUT2D eigenvalue weighted by molar-refractivity contribution is 0.524. The lowest BCUT2D eigenvalue weighted by atomic mass is 10.2. The third kappa shape index (κ3) is 2.98. The molecule has 0 atom stereocenters. The Morgan fingerprint density at radius 1 is 1.32 bits per heavy atom. The number of hydrogen-bond donors (Lipinski definition) is 1. The smallest absolute Gasteiger partial charge is 0.0963 e. The van der Waals surface area contributed by atoms with E-state index in [1.807, 2.05) is 11.3 Å². The second-order valence-corrected chi connectivity index (χ2v) is 6.93. The van der Waals surface area contributed by atoms with Gasteiger partial charge < -0.3 is 5.32 Å². The molecular weight excluding hydrogens is 252 g/mol. The number of aromatic nitrogens is 1. The van der Waals surface area contributed by atoms with E-state index in [4.69, 9.17) is 4.98 Å². The molecule has 2 nitrogen and oxygen atoms in total. The van der Waals surface area contributed by atoms with Gasteiger partial charge in [0.05, 0.1) is 15.2 Å². The average Bonchev–Trinajstić information content (AvgIpc) is 3.04. The van der Waals surface area contributed by atoms with Gasteiger partial charge in [-0.25, -0.2) is 4.98 Å². The molecule has 2 aromatic rings. The van der Waals surface area contributed by atoms with E-state index in [-0.39, 0.29) is 0 Å². The molecular formula is C16H22N2S. The Morgan fingerprint density at radius 3 is 2.84 bits per heavy atom. The number of hydrogen-bond acceptors (Lipinski definition) is 3. The first kappa shape index (κ1) is 13.1. The minimum Gasteiger partial charge on any atom is -0.310 e. The molecule has 1 N–H and O–H groups in total. The number of fused-ring (bicyclic) bond motifs is 1. The molecule has 1 saturated carbocycles. The van der Waals surface area contributed by atoms with E-state index in [1.165, 1.54) is 46.5 Å². The molecule has 3 heteroatoms. The summed E-state index contributed by atoms with van der Waals surface area (Å²) in [4.78, 5) is 4.74. The first-order chi connectivity index (χ1) is 9.22. The maximum absolute atomic E-state index is 4.74. The van der Waals surface area contributed by atoms with Gasteiger partial charge in [0.25, 0.3) is 0 Å². The molecule has 102 valence electrons. The van der Waals surface area contributed by atoms with Crippen molar-refractivity contribution in [2.75, 3.05) is 0 Å². The largest absolute Gasteiger partial charge is 0.310 e. The third-order valence-electron chi connectivity index (χ3n) is 3.91. The Hall–Kier alpha value is -0.930. The van der Waals surface area contributed by atoms with E-state index in [1.54, 1.807) is 0 Å². The Bertz CT molecular complexity index is 553. The molecule has 0 radical (unpaired) electrons. The highest BCUT2D eigenvalue weighted by molar-refractivity contribution is 7.18. The molecule has 1 aliphatic rings. The molecule has 1 aromatic carbocycles. The molecule has 3 rings (SSSR count). The predicted octanol–water partition coefficient (Wildman–Crippen LogP) is 4.45. The van der Waals surface area contributed by atoms with Gasteiger partial charge in [0, 0.05) is 18.5 Å². The molecule has 1 aromatic heterocycles. The van der Waals surface area contributed by atoms with Crippen LogP contribution in [0.3, 0.4) is 0 Å². The van der Waals surface area contributed by atoms with E-state index < -0.39 is 0 Å². The van der Waals surface area contributed by atoms with Gasteiger partial charge >= 0.3 is 0 Å². The average molecular weight is 274 g/mol. The summed E-state index contributed by atoms with van der Waals surface area (Å²) in [6, 6.07) is 7.45. The highest BCUT2D eigenvalue weighted by atomic mass is 32.1. The van der Waals surface area contributed by atoms with Gasteiger partial charge in [0.15, 0.2) is 0 Å². The normalized spacial score (nSPS) is 16.8. The molecule has 0 bridgehead atoms. The van der Waals surface area contributed by atoms with Gasteiger partial charge in [-0.3, -0.25) is 0 Å². The predicted molar refractivity (Wildman–Crippen MR) is 82.8 cm³/mol. The maximum Gasteiger partial charge on any atom is 0.0963 e. The van der Waals surface area contributed by atoms with Crippen molar-refractivity contribution in [1.29, 1.82) is 0 Å². The summed E-state index contributed by atoms with van der Waals surface area (Å²) in [6.07, 6.45) is 5.47. The number of nitrogens with zero attached hydrogens (tertiary/aromatic N) is 1. The van der Waals surface area contributed by atoms with Crippen LogP contribution in [0.1, 0.15) is 56.0 Å². The fourth-order valence-electron chi connectivity index (χ4n) is 2.74. The van der Waals surface area contributed by atoms with Gasteiger partial charge in [-0.15, -0.1) is 11.3 Å². The topological polar surface area (TPSA) is 24.9 Å². The minimum atomic E-state index is 0.525. The maximum atomic E-state index is 4.74. The van der Waals surface area contributed by atoms with Crippen LogP contribution in [0.5, 0.6) is 0 Å². The van der Waals surface area contributed by atoms with E-state index in [0.29, 0.717) is 5.92 Å². The lowest BCUT2D eigenvalue weighted by Gasteiger charge is -2.11. The van der Waals surface area contributed by atoms with E-state index in [9.17, 15) is 0 Å². The summed E-state index contributed by atoms with van der Waals surface area (Å²) in [5, 5.41) is 4.91. The molecule has 0 saturated heterocycles. The van der Waals surface area contributed by atoms with Crippen molar-refractivity contribution in [2.24, 2.45) is 0 Å². The van der Waals surface area contributed by atoms with Crippen LogP contribution in [0.15, 0.2) is 18.2 Å². The minimum absolute atomic E-state index is 0.525. The Morgan fingerprint density at radius 2 is 2.11 bits per heavy atom. The van der Waals surface area contributed by atoms with Gasteiger partial charge in [-0.1, -0.05) is 32.8 Å². The van der Waals surface area contributed by atoms with Crippen molar-refractivity contribution in [1.82, 2.24) is 10.3 Å². The van der Waals surface area contributed by atoms with Crippen molar-refractivity contribution < 1.29 is 0 Å². The Kier molecular flexibility index (Phi) is 3.85. The summed E-state index contributed by atoms with van der Waals surface area (Å²) in [7, 11) is 0. The van der Waals surface area contributed by atoms with Crippen LogP contribution in [0, 0.1) is 0 Å². The number of benzene rings is 1. The quantitative estimate of drug-likeness (QED) is 0.891. The van der Waals surface area contributed by atoms with Crippen molar-refractivity contribution in [3.8, 4) is 0 Å². The fraction of sp³-hybridized carbons (Fsp3) is 0.562. The molecule has 0 unspecified atom stereocenters. The zero-order valence-electron chi connectivity index (χ0n) is 11.8. The van der Waals surface area contributed by atoms with E-state index >= 15 is 0 Å². The lowest BCUT2D eigenvalue weighted by Crippen LogP contribution is -2.25. The molecule has 1 heterocycles. The van der Waals surface area contributed by atoms with Crippen LogP contribution < -0.4 is 5.32 Å². The van der Waals surface area contributed by atoms with Crippen molar-refractivity contribution >= 4 is 21.6 Å². The van der Waals surface area contributed by atoms with Gasteiger partial charge in [0.2, 0.25) is 0 Å². The van der Waals surface area contributed by atoms with Gasteiger partial charge in [-0.05, 0) is 30.5 Å². The van der Waals surface area contributed by atoms with Crippen LogP contribution in [0.4, 0.5) is 0 Å². The summed E-state index contributed by atoms with van der Waals surface area (Å²) >= 11 is 1.83. The molecule has 1 fully saturated rings. The summed E-state index contributed by atoms with van der Waals surface area (Å²) in [5.41, 5.74) is 2.53. The highest BCUT2D eigenvalue weighted by Crippen LogP contribution is 2.28. The van der Waals surface area contributed by atoms with Crippen molar-refractivity contribution in [3.05, 3.63) is 28.8 Å². The van der Waals surface area contributed by atoms with Gasteiger partial charge in [0.1, 0.15) is 0 Å². The first-order valence-electron chi connectivity index (χ1n) is 7.35. The summed E-state index contributed by atoms with van der Waals surface area (Å²) < 4.78 is 1.31. The number of nitrogens with one attached hydrogen (secondary N) is 1. The first-order valence-corrected chi connectivity index (χ1v) is 8.17. The molecule has 1 aliphatic carbocycles. The van der Waals surface area contributed by atoms with Crippen molar-refractivity contribution in [3.63, 3.8) is 0 Å². The standard InChI is InChI=1S/C16H22N2S/c1-11(2)16-18-14-9-12(7-8-15(14)19-16)10-17-13-5-3-4-6-13/h7-9,11,13,17H,3-6,10H2,1-2H3. The molecule has 19 heavy (non-hydrogen) atoms. The second-order valence-electron chi connectivity index (χ2n) is 5.87. The van der Waals surface area contributed by atoms with Crippen molar-refractivity contribution in [2.45, 2.75) is 58.0 Å². The van der Waals surface area contributed by atoms with Crippen LogP contribution in [0.2, 0.25) is 0 Å². The fourth-order valence-corrected chi connectivity index (χ4v) is 3.69. The molecule has 0 spiro atoms. The number of thiazole rings is 1. The highest BCUT2D eigenvalue weighted by Gasteiger charge is 2.14. The van der Waals surface area contributed by atoms with Crippen LogP contribution in [-0.2, 0) is 6.54 Å². The van der Waals surface area contributed by atoms with Crippen LogP contribution in [0.25, 0.3) is 10.2 Å². The van der Waals surface area contributed by atoms with E-state index in [0.717, 1.165) is 12.6 Å². The number of rotatable bonds is 4. The second kappa shape index (κ2) is 5.59. The summed E-state index contributed by atoms with van der Waals surface area (Å²) in [6.45, 7) is 5.40.